The molecule has 0 spiro atoms. The van der Waals surface area contributed by atoms with Gasteiger partial charge in [0.25, 0.3) is 0 Å². The Kier molecular flexibility index (Phi) is 9.44. The predicted molar refractivity (Wildman–Crippen MR) is 116 cm³/mol. The number of aliphatic imine (C=N–C) groups is 1. The molecule has 0 amide bonds. The molecule has 0 aliphatic carbocycles. The lowest BCUT2D eigenvalue weighted by Crippen LogP contribution is -2.37. The van der Waals surface area contributed by atoms with Crippen molar-refractivity contribution in [3.8, 4) is 0 Å². The summed E-state index contributed by atoms with van der Waals surface area (Å²) in [6.07, 6.45) is 0.524. The Hall–Kier alpha value is -1.13. The monoisotopic (exact) mass is 493 g/mol. The topological polar surface area (TPSA) is 70.6 Å². The molecule has 0 saturated carbocycles. The lowest BCUT2D eigenvalue weighted by atomic mass is 10.3. The van der Waals surface area contributed by atoms with Crippen molar-refractivity contribution in [2.24, 2.45) is 4.99 Å². The van der Waals surface area contributed by atoms with Gasteiger partial charge in [-0.15, -0.1) is 35.3 Å². The van der Waals surface area contributed by atoms with E-state index in [-0.39, 0.29) is 29.7 Å². The molecule has 1 aromatic carbocycles. The second-order valence-electron chi connectivity index (χ2n) is 5.36. The smallest absolute Gasteiger partial charge is 0.191 e. The Labute approximate surface area is 170 Å². The highest BCUT2D eigenvalue weighted by atomic mass is 127. The second kappa shape index (κ2) is 10.8. The predicted octanol–water partition coefficient (Wildman–Crippen LogP) is 3.20. The van der Waals surface area contributed by atoms with Crippen molar-refractivity contribution in [1.82, 2.24) is 10.6 Å². The molecule has 0 aliphatic rings. The maximum absolute atomic E-state index is 12.2. The van der Waals surface area contributed by atoms with Crippen molar-refractivity contribution in [2.75, 3.05) is 19.3 Å². The van der Waals surface area contributed by atoms with E-state index in [4.69, 9.17) is 0 Å². The Morgan fingerprint density at radius 1 is 1.16 bits per heavy atom. The molecule has 0 atom stereocenters. The first-order valence-corrected chi connectivity index (χ1v) is 10.3. The molecule has 2 rings (SSSR count). The molecular weight excluding hydrogens is 469 g/mol. The fourth-order valence-corrected chi connectivity index (χ4v) is 4.36. The zero-order chi connectivity index (χ0) is 17.4. The summed E-state index contributed by atoms with van der Waals surface area (Å²) in [4.78, 5) is 5.80. The molecule has 0 bridgehead atoms. The number of nitrogens with zero attached hydrogens (tertiary/aromatic N) is 1. The summed E-state index contributed by atoms with van der Waals surface area (Å²) in [5.41, 5.74) is 1.26. The van der Waals surface area contributed by atoms with E-state index in [1.54, 1.807) is 42.6 Å². The van der Waals surface area contributed by atoms with Crippen molar-refractivity contribution < 1.29 is 8.42 Å². The number of hydrogen-bond donors (Lipinski definition) is 2. The van der Waals surface area contributed by atoms with E-state index in [2.05, 4.69) is 34.0 Å². The summed E-state index contributed by atoms with van der Waals surface area (Å²) in [6.45, 7) is 3.35. The molecule has 2 N–H and O–H groups in total. The molecule has 2 aromatic rings. The van der Waals surface area contributed by atoms with Gasteiger partial charge in [-0.1, -0.05) is 18.2 Å². The summed E-state index contributed by atoms with van der Waals surface area (Å²) >= 11 is 1.71. The maximum atomic E-state index is 12.2. The van der Waals surface area contributed by atoms with Gasteiger partial charge in [-0.3, -0.25) is 4.99 Å². The summed E-state index contributed by atoms with van der Waals surface area (Å²) < 4.78 is 24.4. The molecule has 0 saturated heterocycles. The zero-order valence-electron chi connectivity index (χ0n) is 14.4. The third-order valence-electron chi connectivity index (χ3n) is 3.59. The van der Waals surface area contributed by atoms with E-state index in [0.717, 1.165) is 0 Å². The average molecular weight is 493 g/mol. The summed E-state index contributed by atoms with van der Waals surface area (Å²) in [6, 6.07) is 10.6. The van der Waals surface area contributed by atoms with Gasteiger partial charge in [0.05, 0.1) is 17.2 Å². The molecule has 0 unspecified atom stereocenters. The number of halogens is 1. The minimum atomic E-state index is -3.22. The van der Waals surface area contributed by atoms with Gasteiger partial charge in [-0.05, 0) is 42.5 Å². The van der Waals surface area contributed by atoms with Crippen LogP contribution in [0.25, 0.3) is 0 Å². The van der Waals surface area contributed by atoms with Crippen molar-refractivity contribution in [2.45, 2.75) is 24.8 Å². The molecule has 5 nitrogen and oxygen atoms in total. The van der Waals surface area contributed by atoms with E-state index >= 15 is 0 Å². The quantitative estimate of drug-likeness (QED) is 0.269. The van der Waals surface area contributed by atoms with Gasteiger partial charge >= 0.3 is 0 Å². The number of benzene rings is 1. The molecule has 8 heteroatoms. The number of nitrogens with one attached hydrogen (secondary N) is 2. The van der Waals surface area contributed by atoms with E-state index in [0.29, 0.717) is 30.4 Å². The second-order valence-corrected chi connectivity index (χ2v) is 8.47. The number of aryl methyl sites for hydroxylation is 1. The first-order chi connectivity index (χ1) is 11.5. The average Bonchev–Trinajstić information content (AvgIpc) is 3.00. The fourth-order valence-electron chi connectivity index (χ4n) is 2.18. The highest BCUT2D eigenvalue weighted by Crippen LogP contribution is 2.14. The molecule has 138 valence electrons. The van der Waals surface area contributed by atoms with Crippen molar-refractivity contribution in [1.29, 1.82) is 0 Å². The van der Waals surface area contributed by atoms with Gasteiger partial charge in [0.1, 0.15) is 0 Å². The largest absolute Gasteiger partial charge is 0.356 e. The van der Waals surface area contributed by atoms with Gasteiger partial charge in [0.15, 0.2) is 15.8 Å². The lowest BCUT2D eigenvalue weighted by molar-refractivity contribution is 0.592. The zero-order valence-corrected chi connectivity index (χ0v) is 18.3. The molecule has 1 aromatic heterocycles. The Bertz CT molecular complexity index is 774. The number of hydrogen-bond acceptors (Lipinski definition) is 4. The Morgan fingerprint density at radius 3 is 2.48 bits per heavy atom. The molecule has 25 heavy (non-hydrogen) atoms. The van der Waals surface area contributed by atoms with Crippen LogP contribution in [0, 0.1) is 6.92 Å². The third-order valence-corrected chi connectivity index (χ3v) is 6.43. The van der Waals surface area contributed by atoms with Crippen LogP contribution in [0.4, 0.5) is 0 Å². The van der Waals surface area contributed by atoms with Crippen LogP contribution < -0.4 is 10.6 Å². The standard InChI is InChI=1S/C17H23N3O2S2.HI/c1-14-9-11-23-16(14)13-20-17(18-2)19-10-6-12-24(21,22)15-7-4-3-5-8-15;/h3-5,7-9,11H,6,10,12-13H2,1-2H3,(H2,18,19,20);1H. The van der Waals surface area contributed by atoms with Crippen LogP contribution in [0.1, 0.15) is 16.9 Å². The Morgan fingerprint density at radius 2 is 1.88 bits per heavy atom. The summed E-state index contributed by atoms with van der Waals surface area (Å²) in [7, 11) is -1.51. The first-order valence-electron chi connectivity index (χ1n) is 7.78. The Balaban J connectivity index is 0.00000312. The maximum Gasteiger partial charge on any atom is 0.191 e. The highest BCUT2D eigenvalue weighted by Gasteiger charge is 2.13. The third kappa shape index (κ3) is 6.95. The van der Waals surface area contributed by atoms with E-state index in [9.17, 15) is 8.42 Å². The van der Waals surface area contributed by atoms with Gasteiger partial charge in [-0.25, -0.2) is 8.42 Å². The van der Waals surface area contributed by atoms with Crippen LogP contribution in [0.3, 0.4) is 0 Å². The number of guanidine groups is 1. The minimum absolute atomic E-state index is 0. The van der Waals surface area contributed by atoms with E-state index < -0.39 is 9.84 Å². The van der Waals surface area contributed by atoms with Crippen LogP contribution in [0.2, 0.25) is 0 Å². The van der Waals surface area contributed by atoms with Crippen LogP contribution in [-0.2, 0) is 16.4 Å². The van der Waals surface area contributed by atoms with Crippen molar-refractivity contribution in [3.63, 3.8) is 0 Å². The van der Waals surface area contributed by atoms with Crippen molar-refractivity contribution in [3.05, 3.63) is 52.2 Å². The number of rotatable bonds is 7. The van der Waals surface area contributed by atoms with Crippen molar-refractivity contribution >= 4 is 51.1 Å². The lowest BCUT2D eigenvalue weighted by Gasteiger charge is -2.11. The van der Waals surface area contributed by atoms with Gasteiger partial charge < -0.3 is 10.6 Å². The molecule has 0 fully saturated rings. The number of thiophene rings is 1. The van der Waals surface area contributed by atoms with Crippen LogP contribution in [0.5, 0.6) is 0 Å². The van der Waals surface area contributed by atoms with Crippen LogP contribution >= 0.6 is 35.3 Å². The molecule has 0 radical (unpaired) electrons. The minimum Gasteiger partial charge on any atom is -0.356 e. The van der Waals surface area contributed by atoms with E-state index in [1.165, 1.54) is 10.4 Å². The normalized spacial score (nSPS) is 11.7. The van der Waals surface area contributed by atoms with Crippen LogP contribution in [-0.4, -0.2) is 33.7 Å². The number of sulfone groups is 1. The van der Waals surface area contributed by atoms with E-state index in [1.807, 2.05) is 6.07 Å². The fraction of sp³-hybridized carbons (Fsp3) is 0.353. The summed E-state index contributed by atoms with van der Waals surface area (Å²) in [5.74, 6) is 0.797. The molecular formula is C17H24IN3O2S2. The highest BCUT2D eigenvalue weighted by molar-refractivity contribution is 14.0. The molecule has 0 aliphatic heterocycles. The van der Waals surface area contributed by atoms with Gasteiger partial charge in [-0.2, -0.15) is 0 Å². The van der Waals surface area contributed by atoms with Gasteiger partial charge in [0.2, 0.25) is 0 Å². The van der Waals surface area contributed by atoms with Gasteiger partial charge in [0, 0.05) is 18.5 Å². The van der Waals surface area contributed by atoms with Crippen LogP contribution in [0.15, 0.2) is 51.7 Å². The SMILES string of the molecule is CN=C(NCCCS(=O)(=O)c1ccccc1)NCc1sccc1C.I. The first kappa shape index (κ1) is 21.9. The summed E-state index contributed by atoms with van der Waals surface area (Å²) in [5, 5.41) is 8.46. The molecule has 1 heterocycles.